The zero-order valence-corrected chi connectivity index (χ0v) is 9.99. The first-order chi connectivity index (χ1) is 7.59. The lowest BCUT2D eigenvalue weighted by molar-refractivity contribution is 0.499. The molecular weight excluding hydrogens is 204 g/mol. The van der Waals surface area contributed by atoms with Crippen LogP contribution in [0.1, 0.15) is 20.8 Å². The van der Waals surface area contributed by atoms with E-state index >= 15 is 0 Å². The lowest BCUT2D eigenvalue weighted by Gasteiger charge is -2.28. The third kappa shape index (κ3) is 1.82. The summed E-state index contributed by atoms with van der Waals surface area (Å²) in [4.78, 5) is 2.13. The van der Waals surface area contributed by atoms with E-state index in [1.165, 1.54) is 4.63 Å². The van der Waals surface area contributed by atoms with Crippen LogP contribution in [0.3, 0.4) is 0 Å². The number of hydrogen-bond acceptors (Lipinski definition) is 5. The van der Waals surface area contributed by atoms with E-state index in [1.807, 2.05) is 19.2 Å². The Bertz CT molecular complexity index is 477. The highest BCUT2D eigenvalue weighted by atomic mass is 15.6. The van der Waals surface area contributed by atoms with E-state index in [2.05, 4.69) is 46.3 Å². The van der Waals surface area contributed by atoms with Crippen LogP contribution in [0, 0.1) is 5.92 Å². The van der Waals surface area contributed by atoms with Gasteiger partial charge in [-0.15, -0.1) is 14.8 Å². The van der Waals surface area contributed by atoms with Gasteiger partial charge in [0, 0.05) is 13.1 Å². The Hall–Kier alpha value is -1.72. The minimum Gasteiger partial charge on any atom is -0.355 e. The van der Waals surface area contributed by atoms with E-state index in [0.29, 0.717) is 17.6 Å². The van der Waals surface area contributed by atoms with Gasteiger partial charge in [-0.25, -0.2) is 0 Å². The zero-order chi connectivity index (χ0) is 11.7. The van der Waals surface area contributed by atoms with Gasteiger partial charge in [-0.2, -0.15) is 0 Å². The van der Waals surface area contributed by atoms with Crippen molar-refractivity contribution in [2.75, 3.05) is 11.9 Å². The lowest BCUT2D eigenvalue weighted by atomic mass is 10.1. The molecule has 0 aliphatic heterocycles. The second kappa shape index (κ2) is 4.03. The molecule has 86 valence electrons. The summed E-state index contributed by atoms with van der Waals surface area (Å²) in [6.07, 6.45) is 0. The summed E-state index contributed by atoms with van der Waals surface area (Å²) in [5.41, 5.74) is 0.661. The van der Waals surface area contributed by atoms with Gasteiger partial charge in [0.1, 0.15) is 0 Å². The number of aromatic nitrogens is 5. The molecule has 0 spiro atoms. The lowest BCUT2D eigenvalue weighted by Crippen LogP contribution is -2.34. The van der Waals surface area contributed by atoms with Crippen LogP contribution in [-0.4, -0.2) is 38.3 Å². The second-order valence-corrected chi connectivity index (χ2v) is 4.31. The van der Waals surface area contributed by atoms with E-state index in [4.69, 9.17) is 0 Å². The predicted molar refractivity (Wildman–Crippen MR) is 61.3 cm³/mol. The normalized spacial score (nSPS) is 13.3. The second-order valence-electron chi connectivity index (χ2n) is 4.31. The van der Waals surface area contributed by atoms with Gasteiger partial charge in [0.05, 0.1) is 0 Å². The van der Waals surface area contributed by atoms with Gasteiger partial charge in [-0.3, -0.25) is 0 Å². The molecule has 0 N–H and O–H groups in total. The maximum atomic E-state index is 4.35. The number of nitrogens with zero attached hydrogens (tertiary/aromatic N) is 6. The van der Waals surface area contributed by atoms with Gasteiger partial charge in [-0.05, 0) is 35.4 Å². The molecular formula is C10H16N6. The fourth-order valence-corrected chi connectivity index (χ4v) is 1.48. The Kier molecular flexibility index (Phi) is 2.72. The highest BCUT2D eigenvalue weighted by molar-refractivity contribution is 5.44. The number of tetrazole rings is 1. The molecule has 0 fully saturated rings. The standard InChI is InChI=1S/C10H16N6/c1-7(2)8(3)15(4)10-6-5-9-11-13-14-16(9)12-10/h5-8H,1-4H3/t8-/m0/s1. The predicted octanol–water partition coefficient (Wildman–Crippen LogP) is 1.000. The molecule has 0 aromatic carbocycles. The molecule has 2 rings (SSSR count). The Labute approximate surface area is 94.3 Å². The van der Waals surface area contributed by atoms with Crippen molar-refractivity contribution in [3.05, 3.63) is 12.1 Å². The van der Waals surface area contributed by atoms with E-state index in [-0.39, 0.29) is 0 Å². The van der Waals surface area contributed by atoms with Gasteiger partial charge in [0.15, 0.2) is 11.5 Å². The van der Waals surface area contributed by atoms with Gasteiger partial charge < -0.3 is 4.90 Å². The average molecular weight is 220 g/mol. The maximum absolute atomic E-state index is 4.35. The summed E-state index contributed by atoms with van der Waals surface area (Å²) in [7, 11) is 2.03. The molecule has 1 atom stereocenters. The van der Waals surface area contributed by atoms with Crippen molar-refractivity contribution >= 4 is 11.5 Å². The van der Waals surface area contributed by atoms with Crippen LogP contribution in [0.4, 0.5) is 5.82 Å². The highest BCUT2D eigenvalue weighted by Gasteiger charge is 2.15. The molecule has 0 amide bonds. The minimum absolute atomic E-state index is 0.418. The van der Waals surface area contributed by atoms with Crippen LogP contribution < -0.4 is 4.90 Å². The van der Waals surface area contributed by atoms with Crippen LogP contribution in [0.25, 0.3) is 5.65 Å². The molecule has 0 unspecified atom stereocenters. The summed E-state index contributed by atoms with van der Waals surface area (Å²) in [5.74, 6) is 1.44. The first kappa shape index (κ1) is 10.8. The van der Waals surface area contributed by atoms with Crippen molar-refractivity contribution in [2.24, 2.45) is 5.92 Å². The topological polar surface area (TPSA) is 59.2 Å². The molecule has 2 aromatic heterocycles. The summed E-state index contributed by atoms with van der Waals surface area (Å²) in [6, 6.07) is 4.22. The quantitative estimate of drug-likeness (QED) is 0.772. The first-order valence-corrected chi connectivity index (χ1v) is 5.38. The molecule has 2 heterocycles. The summed E-state index contributed by atoms with van der Waals surface area (Å²) >= 11 is 0. The van der Waals surface area contributed by atoms with Crippen molar-refractivity contribution in [3.8, 4) is 0 Å². The molecule has 16 heavy (non-hydrogen) atoms. The van der Waals surface area contributed by atoms with Crippen molar-refractivity contribution in [2.45, 2.75) is 26.8 Å². The smallest absolute Gasteiger partial charge is 0.200 e. The molecule has 2 aromatic rings. The monoisotopic (exact) mass is 220 g/mol. The summed E-state index contributed by atoms with van der Waals surface area (Å²) < 4.78 is 1.44. The molecule has 0 bridgehead atoms. The van der Waals surface area contributed by atoms with E-state index in [9.17, 15) is 0 Å². The maximum Gasteiger partial charge on any atom is 0.200 e. The van der Waals surface area contributed by atoms with Gasteiger partial charge in [0.25, 0.3) is 0 Å². The van der Waals surface area contributed by atoms with E-state index in [0.717, 1.165) is 5.82 Å². The Balaban J connectivity index is 2.32. The Morgan fingerprint density at radius 2 is 2.00 bits per heavy atom. The van der Waals surface area contributed by atoms with Crippen LogP contribution in [0.2, 0.25) is 0 Å². The summed E-state index contributed by atoms with van der Waals surface area (Å²) in [5, 5.41) is 15.5. The number of anilines is 1. The zero-order valence-electron chi connectivity index (χ0n) is 9.99. The van der Waals surface area contributed by atoms with Crippen LogP contribution in [0.5, 0.6) is 0 Å². The van der Waals surface area contributed by atoms with E-state index < -0.39 is 0 Å². The average Bonchev–Trinajstić information content (AvgIpc) is 2.73. The molecule has 0 radical (unpaired) electrons. The molecule has 0 saturated heterocycles. The molecule has 0 aliphatic carbocycles. The first-order valence-electron chi connectivity index (χ1n) is 5.38. The Morgan fingerprint density at radius 1 is 1.25 bits per heavy atom. The van der Waals surface area contributed by atoms with Crippen LogP contribution in [0.15, 0.2) is 12.1 Å². The molecule has 6 heteroatoms. The van der Waals surface area contributed by atoms with Gasteiger partial charge in [0.2, 0.25) is 0 Å². The number of fused-ring (bicyclic) bond motifs is 1. The molecule has 6 nitrogen and oxygen atoms in total. The van der Waals surface area contributed by atoms with E-state index in [1.54, 1.807) is 0 Å². The highest BCUT2D eigenvalue weighted by Crippen LogP contribution is 2.16. The number of hydrogen-bond donors (Lipinski definition) is 0. The SMILES string of the molecule is CC(C)[C@H](C)N(C)c1ccc2nnnn2n1. The van der Waals surface area contributed by atoms with Gasteiger partial charge in [-0.1, -0.05) is 13.8 Å². The fraction of sp³-hybridized carbons (Fsp3) is 0.600. The molecule has 0 aliphatic rings. The van der Waals surface area contributed by atoms with Crippen molar-refractivity contribution in [1.29, 1.82) is 0 Å². The van der Waals surface area contributed by atoms with Crippen LogP contribution >= 0.6 is 0 Å². The Morgan fingerprint density at radius 3 is 2.69 bits per heavy atom. The largest absolute Gasteiger partial charge is 0.355 e. The third-order valence-corrected chi connectivity index (χ3v) is 2.99. The van der Waals surface area contributed by atoms with Crippen molar-refractivity contribution in [1.82, 2.24) is 25.3 Å². The minimum atomic E-state index is 0.418. The van der Waals surface area contributed by atoms with Crippen LogP contribution in [-0.2, 0) is 0 Å². The van der Waals surface area contributed by atoms with Crippen molar-refractivity contribution < 1.29 is 0 Å². The third-order valence-electron chi connectivity index (χ3n) is 2.99. The van der Waals surface area contributed by atoms with Gasteiger partial charge >= 0.3 is 0 Å². The van der Waals surface area contributed by atoms with Crippen molar-refractivity contribution in [3.63, 3.8) is 0 Å². The summed E-state index contributed by atoms with van der Waals surface area (Å²) in [6.45, 7) is 6.56. The fourth-order valence-electron chi connectivity index (χ4n) is 1.48. The number of rotatable bonds is 3. The molecule has 0 saturated carbocycles.